The van der Waals surface area contributed by atoms with E-state index < -0.39 is 0 Å². The molecule has 3 fully saturated rings. The molecule has 4 rings (SSSR count). The highest BCUT2D eigenvalue weighted by atomic mass is 35.5. The molecule has 2 saturated heterocycles. The lowest BCUT2D eigenvalue weighted by Crippen LogP contribution is -2.53. The van der Waals surface area contributed by atoms with Gasteiger partial charge in [0.15, 0.2) is 0 Å². The van der Waals surface area contributed by atoms with Gasteiger partial charge in [-0.05, 0) is 49.9 Å². The zero-order valence-electron chi connectivity index (χ0n) is 13.5. The summed E-state index contributed by atoms with van der Waals surface area (Å²) in [6, 6.07) is 7.13. The number of likely N-dealkylation sites (tertiary alicyclic amines) is 1. The number of piperidine rings is 1. The normalized spacial score (nSPS) is 22.9. The van der Waals surface area contributed by atoms with E-state index in [1.165, 1.54) is 0 Å². The van der Waals surface area contributed by atoms with Crippen molar-refractivity contribution in [1.29, 1.82) is 0 Å². The molecular formula is C18H21ClN2O2S. The molecule has 1 aromatic carbocycles. The number of thioether (sulfide) groups is 1. The van der Waals surface area contributed by atoms with Crippen molar-refractivity contribution in [3.63, 3.8) is 0 Å². The summed E-state index contributed by atoms with van der Waals surface area (Å²) in [5.74, 6) is 1.65. The molecule has 0 unspecified atom stereocenters. The van der Waals surface area contributed by atoms with Crippen LogP contribution in [0.3, 0.4) is 0 Å². The molecule has 128 valence electrons. The zero-order chi connectivity index (χ0) is 16.7. The molecule has 2 amide bonds. The summed E-state index contributed by atoms with van der Waals surface area (Å²) in [4.78, 5) is 29.1. The van der Waals surface area contributed by atoms with Gasteiger partial charge in [-0.25, -0.2) is 0 Å². The second-order valence-electron chi connectivity index (χ2n) is 6.86. The SMILES string of the molecule is O=C(C1CC1)N1CCC2(CC1)SCCN2C(=O)c1ccc(Cl)cc1. The second-order valence-corrected chi connectivity index (χ2v) is 8.75. The summed E-state index contributed by atoms with van der Waals surface area (Å²) in [6.45, 7) is 2.32. The average Bonchev–Trinajstić information content (AvgIpc) is 3.38. The predicted octanol–water partition coefficient (Wildman–Crippen LogP) is 3.26. The summed E-state index contributed by atoms with van der Waals surface area (Å²) < 4.78 is 0. The first-order valence-electron chi connectivity index (χ1n) is 8.59. The van der Waals surface area contributed by atoms with Crippen molar-refractivity contribution in [2.24, 2.45) is 5.92 Å². The molecule has 0 atom stereocenters. The fourth-order valence-electron chi connectivity index (χ4n) is 3.72. The van der Waals surface area contributed by atoms with E-state index in [4.69, 9.17) is 11.6 Å². The quantitative estimate of drug-likeness (QED) is 0.808. The summed E-state index contributed by atoms with van der Waals surface area (Å²) in [5.41, 5.74) is 0.692. The third-order valence-corrected chi connectivity index (χ3v) is 7.10. The molecule has 24 heavy (non-hydrogen) atoms. The first-order valence-corrected chi connectivity index (χ1v) is 9.96. The van der Waals surface area contributed by atoms with Crippen LogP contribution < -0.4 is 0 Å². The Morgan fingerprint density at radius 3 is 2.38 bits per heavy atom. The molecule has 0 radical (unpaired) electrons. The van der Waals surface area contributed by atoms with Gasteiger partial charge in [-0.3, -0.25) is 9.59 Å². The monoisotopic (exact) mass is 364 g/mol. The molecule has 2 heterocycles. The minimum absolute atomic E-state index is 0.0821. The van der Waals surface area contributed by atoms with Crippen LogP contribution in [0.2, 0.25) is 5.02 Å². The van der Waals surface area contributed by atoms with Crippen LogP contribution in [-0.4, -0.2) is 51.9 Å². The Kier molecular flexibility index (Phi) is 4.25. The van der Waals surface area contributed by atoms with Gasteiger partial charge in [-0.1, -0.05) is 11.6 Å². The van der Waals surface area contributed by atoms with Crippen LogP contribution in [0.15, 0.2) is 24.3 Å². The van der Waals surface area contributed by atoms with Crippen molar-refractivity contribution in [3.8, 4) is 0 Å². The summed E-state index contributed by atoms with van der Waals surface area (Å²) in [7, 11) is 0. The summed E-state index contributed by atoms with van der Waals surface area (Å²) in [5, 5.41) is 0.643. The molecule has 0 bridgehead atoms. The molecule has 1 aromatic rings. The largest absolute Gasteiger partial charge is 0.342 e. The van der Waals surface area contributed by atoms with E-state index in [0.717, 1.165) is 51.1 Å². The van der Waals surface area contributed by atoms with Crippen molar-refractivity contribution in [2.75, 3.05) is 25.4 Å². The average molecular weight is 365 g/mol. The lowest BCUT2D eigenvalue weighted by atomic mass is 10.0. The van der Waals surface area contributed by atoms with Gasteiger partial charge >= 0.3 is 0 Å². The van der Waals surface area contributed by atoms with E-state index >= 15 is 0 Å². The van der Waals surface area contributed by atoms with Crippen LogP contribution in [0.1, 0.15) is 36.0 Å². The number of hydrogen-bond acceptors (Lipinski definition) is 3. The maximum Gasteiger partial charge on any atom is 0.254 e. The molecule has 0 N–H and O–H groups in total. The first kappa shape index (κ1) is 16.3. The lowest BCUT2D eigenvalue weighted by Gasteiger charge is -2.44. The third-order valence-electron chi connectivity index (χ3n) is 5.30. The summed E-state index contributed by atoms with van der Waals surface area (Å²) in [6.07, 6.45) is 3.84. The number of halogens is 1. The van der Waals surface area contributed by atoms with Crippen LogP contribution >= 0.6 is 23.4 Å². The molecule has 2 aliphatic heterocycles. The molecule has 1 spiro atoms. The minimum Gasteiger partial charge on any atom is -0.342 e. The van der Waals surface area contributed by atoms with E-state index in [1.807, 2.05) is 21.6 Å². The standard InChI is InChI=1S/C18H21ClN2O2S/c19-15-5-3-14(4-6-15)17(23)21-11-12-24-18(21)7-9-20(10-8-18)16(22)13-1-2-13/h3-6,13H,1-2,7-12H2. The van der Waals surface area contributed by atoms with Gasteiger partial charge in [-0.15, -0.1) is 11.8 Å². The Labute approximate surface area is 151 Å². The molecule has 1 saturated carbocycles. The van der Waals surface area contributed by atoms with Crippen LogP contribution in [0.5, 0.6) is 0 Å². The van der Waals surface area contributed by atoms with Gasteiger partial charge in [0.1, 0.15) is 0 Å². The molecule has 3 aliphatic rings. The fraction of sp³-hybridized carbons (Fsp3) is 0.556. The van der Waals surface area contributed by atoms with Crippen molar-refractivity contribution >= 4 is 35.2 Å². The smallest absolute Gasteiger partial charge is 0.254 e. The molecule has 6 heteroatoms. The van der Waals surface area contributed by atoms with Gasteiger partial charge in [0.2, 0.25) is 5.91 Å². The van der Waals surface area contributed by atoms with Crippen molar-refractivity contribution in [1.82, 2.24) is 9.80 Å². The summed E-state index contributed by atoms with van der Waals surface area (Å²) >= 11 is 7.81. The maximum atomic E-state index is 13.0. The highest BCUT2D eigenvalue weighted by Gasteiger charge is 2.48. The number of rotatable bonds is 2. The van der Waals surface area contributed by atoms with E-state index in [0.29, 0.717) is 16.5 Å². The lowest BCUT2D eigenvalue weighted by molar-refractivity contribution is -0.134. The van der Waals surface area contributed by atoms with E-state index in [1.54, 1.807) is 24.3 Å². The Morgan fingerprint density at radius 1 is 1.08 bits per heavy atom. The van der Waals surface area contributed by atoms with Crippen LogP contribution in [0.4, 0.5) is 0 Å². The highest BCUT2D eigenvalue weighted by Crippen LogP contribution is 2.45. The number of hydrogen-bond donors (Lipinski definition) is 0. The van der Waals surface area contributed by atoms with E-state index in [-0.39, 0.29) is 16.7 Å². The van der Waals surface area contributed by atoms with Gasteiger partial charge in [-0.2, -0.15) is 0 Å². The Morgan fingerprint density at radius 2 is 1.75 bits per heavy atom. The fourth-order valence-corrected chi connectivity index (χ4v) is 5.30. The van der Waals surface area contributed by atoms with E-state index in [9.17, 15) is 9.59 Å². The van der Waals surface area contributed by atoms with Gasteiger partial charge in [0.25, 0.3) is 5.91 Å². The predicted molar refractivity (Wildman–Crippen MR) is 96.2 cm³/mol. The molecule has 1 aliphatic carbocycles. The van der Waals surface area contributed by atoms with Crippen LogP contribution in [0.25, 0.3) is 0 Å². The zero-order valence-corrected chi connectivity index (χ0v) is 15.1. The van der Waals surface area contributed by atoms with Crippen molar-refractivity contribution in [2.45, 2.75) is 30.6 Å². The van der Waals surface area contributed by atoms with Gasteiger partial charge in [0, 0.05) is 41.9 Å². The van der Waals surface area contributed by atoms with Crippen LogP contribution in [-0.2, 0) is 4.79 Å². The van der Waals surface area contributed by atoms with Gasteiger partial charge in [0.05, 0.1) is 4.87 Å². The molecular weight excluding hydrogens is 344 g/mol. The van der Waals surface area contributed by atoms with Gasteiger partial charge < -0.3 is 9.80 Å². The topological polar surface area (TPSA) is 40.6 Å². The maximum absolute atomic E-state index is 13.0. The molecule has 4 nitrogen and oxygen atoms in total. The molecule has 0 aromatic heterocycles. The number of benzene rings is 1. The Hall–Kier alpha value is -1.20. The van der Waals surface area contributed by atoms with Crippen LogP contribution in [0, 0.1) is 5.92 Å². The number of amides is 2. The number of nitrogens with zero attached hydrogens (tertiary/aromatic N) is 2. The van der Waals surface area contributed by atoms with Crippen molar-refractivity contribution in [3.05, 3.63) is 34.9 Å². The first-order chi connectivity index (χ1) is 11.6. The number of carbonyl (C=O) groups is 2. The minimum atomic E-state index is -0.142. The third kappa shape index (κ3) is 2.93. The van der Waals surface area contributed by atoms with E-state index in [2.05, 4.69) is 0 Å². The second kappa shape index (κ2) is 6.26. The number of carbonyl (C=O) groups excluding carboxylic acids is 2. The Bertz CT molecular complexity index is 651. The highest BCUT2D eigenvalue weighted by molar-refractivity contribution is 8.00. The Balaban J connectivity index is 1.47. The van der Waals surface area contributed by atoms with Crippen molar-refractivity contribution < 1.29 is 9.59 Å².